The predicted octanol–water partition coefficient (Wildman–Crippen LogP) is 10.6. The van der Waals surface area contributed by atoms with Crippen molar-refractivity contribution in [3.8, 4) is 27.9 Å². The molecule has 2 heteroatoms. The van der Waals surface area contributed by atoms with Gasteiger partial charge in [-0.25, -0.2) is 4.98 Å². The van der Waals surface area contributed by atoms with Crippen LogP contribution in [0, 0.1) is 6.92 Å². The van der Waals surface area contributed by atoms with Gasteiger partial charge in [-0.2, -0.15) is 0 Å². The summed E-state index contributed by atoms with van der Waals surface area (Å²) < 4.78 is 2.40. The molecule has 43 heavy (non-hydrogen) atoms. The second kappa shape index (κ2) is 10.1. The third-order valence-corrected chi connectivity index (χ3v) is 9.23. The van der Waals surface area contributed by atoms with Crippen molar-refractivity contribution >= 4 is 27.6 Å². The molecule has 1 atom stereocenters. The highest BCUT2D eigenvalue weighted by atomic mass is 15.1. The first-order valence-electron chi connectivity index (χ1n) is 15.3. The molecule has 1 unspecified atom stereocenters. The van der Waals surface area contributed by atoms with Gasteiger partial charge in [-0.05, 0) is 95.1 Å². The Bertz CT molecular complexity index is 2110. The Morgan fingerprint density at radius 1 is 0.698 bits per heavy atom. The monoisotopic (exact) mass is 554 g/mol. The van der Waals surface area contributed by atoms with Gasteiger partial charge in [-0.3, -0.25) is 4.57 Å². The molecular formula is C41H34N2. The second-order valence-corrected chi connectivity index (χ2v) is 12.2. The van der Waals surface area contributed by atoms with Crippen LogP contribution in [0.15, 0.2) is 127 Å². The van der Waals surface area contributed by atoms with E-state index < -0.39 is 0 Å². The summed E-state index contributed by atoms with van der Waals surface area (Å²) in [7, 11) is 0. The maximum Gasteiger partial charge on any atom is 0.124 e. The Labute approximate surface area is 253 Å². The third-order valence-electron chi connectivity index (χ3n) is 9.23. The molecule has 0 radical (unpaired) electrons. The second-order valence-electron chi connectivity index (χ2n) is 12.2. The number of hydrogen-bond acceptors (Lipinski definition) is 1. The SMILES string of the molecule is Cc1ccc2c(-c3ccccc3)c3ccccc3c(-c3ccc(-n4c(C5(C)C=CC=CC5)nc5c4C=CCC5)cc3)c2c1. The van der Waals surface area contributed by atoms with Crippen molar-refractivity contribution in [2.24, 2.45) is 0 Å². The number of benzene rings is 5. The van der Waals surface area contributed by atoms with Crippen molar-refractivity contribution in [3.05, 3.63) is 150 Å². The smallest absolute Gasteiger partial charge is 0.124 e. The molecule has 0 saturated carbocycles. The maximum atomic E-state index is 5.26. The van der Waals surface area contributed by atoms with E-state index in [1.54, 1.807) is 0 Å². The van der Waals surface area contributed by atoms with Crippen LogP contribution in [0.1, 0.15) is 42.5 Å². The van der Waals surface area contributed by atoms with Crippen LogP contribution in [-0.4, -0.2) is 9.55 Å². The summed E-state index contributed by atoms with van der Waals surface area (Å²) in [6.07, 6.45) is 16.4. The average Bonchev–Trinajstić information content (AvgIpc) is 3.45. The van der Waals surface area contributed by atoms with Gasteiger partial charge in [0.2, 0.25) is 0 Å². The summed E-state index contributed by atoms with van der Waals surface area (Å²) >= 11 is 0. The van der Waals surface area contributed by atoms with Crippen LogP contribution in [-0.2, 0) is 11.8 Å². The topological polar surface area (TPSA) is 17.8 Å². The molecule has 5 aromatic carbocycles. The Morgan fingerprint density at radius 3 is 2.14 bits per heavy atom. The van der Waals surface area contributed by atoms with Crippen molar-refractivity contribution in [1.82, 2.24) is 9.55 Å². The molecule has 8 rings (SSSR count). The lowest BCUT2D eigenvalue weighted by molar-refractivity contribution is 0.545. The average molecular weight is 555 g/mol. The summed E-state index contributed by atoms with van der Waals surface area (Å²) in [6, 6.07) is 35.8. The minimum Gasteiger partial charge on any atom is -0.296 e. The summed E-state index contributed by atoms with van der Waals surface area (Å²) in [5, 5.41) is 5.14. The molecule has 0 aliphatic heterocycles. The van der Waals surface area contributed by atoms with Crippen LogP contribution >= 0.6 is 0 Å². The normalized spacial score (nSPS) is 17.5. The number of nitrogens with zero attached hydrogens (tertiary/aromatic N) is 2. The van der Waals surface area contributed by atoms with Gasteiger partial charge in [0.15, 0.2) is 0 Å². The van der Waals surface area contributed by atoms with Gasteiger partial charge in [-0.1, -0.05) is 121 Å². The van der Waals surface area contributed by atoms with E-state index >= 15 is 0 Å². The molecule has 2 aliphatic rings. The van der Waals surface area contributed by atoms with Crippen LogP contribution in [0.4, 0.5) is 0 Å². The van der Waals surface area contributed by atoms with Crippen molar-refractivity contribution < 1.29 is 0 Å². The zero-order chi connectivity index (χ0) is 29.0. The van der Waals surface area contributed by atoms with Gasteiger partial charge in [0.25, 0.3) is 0 Å². The molecule has 1 aromatic heterocycles. The maximum absolute atomic E-state index is 5.26. The fraction of sp³-hybridized carbons (Fsp3) is 0.146. The van der Waals surface area contributed by atoms with Gasteiger partial charge >= 0.3 is 0 Å². The van der Waals surface area contributed by atoms with E-state index in [9.17, 15) is 0 Å². The fourth-order valence-electron chi connectivity index (χ4n) is 7.08. The van der Waals surface area contributed by atoms with Gasteiger partial charge in [0, 0.05) is 11.1 Å². The van der Waals surface area contributed by atoms with Crippen molar-refractivity contribution in [1.29, 1.82) is 0 Å². The highest BCUT2D eigenvalue weighted by Gasteiger charge is 2.32. The van der Waals surface area contributed by atoms with Gasteiger partial charge in [-0.15, -0.1) is 0 Å². The number of rotatable bonds is 4. The lowest BCUT2D eigenvalue weighted by atomic mass is 9.82. The van der Waals surface area contributed by atoms with Crippen LogP contribution in [0.3, 0.4) is 0 Å². The number of allylic oxidation sites excluding steroid dienone is 5. The van der Waals surface area contributed by atoms with E-state index in [-0.39, 0.29) is 5.41 Å². The predicted molar refractivity (Wildman–Crippen MR) is 182 cm³/mol. The van der Waals surface area contributed by atoms with Crippen LogP contribution in [0.2, 0.25) is 0 Å². The van der Waals surface area contributed by atoms with E-state index in [4.69, 9.17) is 4.98 Å². The third kappa shape index (κ3) is 4.20. The lowest BCUT2D eigenvalue weighted by Gasteiger charge is -2.27. The molecule has 0 spiro atoms. The van der Waals surface area contributed by atoms with E-state index in [2.05, 4.69) is 152 Å². The standard InChI is InChI=1S/C41H34N2/c1-28-19-24-34-35(27-28)39(33-16-8-7-15-32(33)38(34)29-13-5-3-6-14-29)30-20-22-31(23-21-30)43-37-18-10-9-17-36(37)42-40(43)41(2)25-11-4-12-26-41/h3-8,10-16,18-25,27H,9,17,26H2,1-2H3. The largest absolute Gasteiger partial charge is 0.296 e. The van der Waals surface area contributed by atoms with E-state index in [1.807, 2.05) is 0 Å². The van der Waals surface area contributed by atoms with E-state index in [0.29, 0.717) is 0 Å². The number of hydrogen-bond donors (Lipinski definition) is 0. The zero-order valence-corrected chi connectivity index (χ0v) is 24.7. The Morgan fingerprint density at radius 2 is 1.40 bits per heavy atom. The molecule has 6 aromatic rings. The number of imidazole rings is 1. The Hall–Kier alpha value is -4.95. The van der Waals surface area contributed by atoms with Crippen LogP contribution < -0.4 is 0 Å². The fourth-order valence-corrected chi connectivity index (χ4v) is 7.08. The first kappa shape index (κ1) is 25.7. The molecule has 0 amide bonds. The molecule has 208 valence electrons. The number of aryl methyl sites for hydroxylation is 2. The van der Waals surface area contributed by atoms with Crippen LogP contribution in [0.5, 0.6) is 0 Å². The van der Waals surface area contributed by atoms with E-state index in [1.165, 1.54) is 60.8 Å². The first-order valence-corrected chi connectivity index (χ1v) is 15.3. The van der Waals surface area contributed by atoms with Gasteiger partial charge in [0.05, 0.1) is 11.4 Å². The summed E-state index contributed by atoms with van der Waals surface area (Å²) in [4.78, 5) is 5.26. The van der Waals surface area contributed by atoms with Gasteiger partial charge in [0.1, 0.15) is 5.82 Å². The molecule has 1 heterocycles. The Balaban J connectivity index is 1.34. The number of aromatic nitrogens is 2. The molecule has 2 aliphatic carbocycles. The van der Waals surface area contributed by atoms with Crippen molar-refractivity contribution in [2.45, 2.75) is 38.5 Å². The summed E-state index contributed by atoms with van der Waals surface area (Å²) in [6.45, 7) is 4.50. The van der Waals surface area contributed by atoms with Crippen molar-refractivity contribution in [3.63, 3.8) is 0 Å². The minimum atomic E-state index is -0.143. The number of fused-ring (bicyclic) bond motifs is 3. The molecule has 2 nitrogen and oxygen atoms in total. The lowest BCUT2D eigenvalue weighted by Crippen LogP contribution is -2.24. The molecule has 0 fully saturated rings. The van der Waals surface area contributed by atoms with Gasteiger partial charge < -0.3 is 0 Å². The minimum absolute atomic E-state index is 0.143. The molecular weight excluding hydrogens is 520 g/mol. The quantitative estimate of drug-likeness (QED) is 0.198. The molecule has 0 bridgehead atoms. The summed E-state index contributed by atoms with van der Waals surface area (Å²) in [5.41, 5.74) is 9.78. The molecule has 0 saturated heterocycles. The molecule has 0 N–H and O–H groups in total. The van der Waals surface area contributed by atoms with Crippen LogP contribution in [0.25, 0.3) is 55.6 Å². The zero-order valence-electron chi connectivity index (χ0n) is 24.7. The highest BCUT2D eigenvalue weighted by molar-refractivity contribution is 6.21. The first-order chi connectivity index (χ1) is 21.1. The van der Waals surface area contributed by atoms with Crippen molar-refractivity contribution in [2.75, 3.05) is 0 Å². The van der Waals surface area contributed by atoms with E-state index in [0.717, 1.165) is 30.8 Å². The highest BCUT2D eigenvalue weighted by Crippen LogP contribution is 2.44. The Kier molecular flexibility index (Phi) is 6.04. The summed E-state index contributed by atoms with van der Waals surface area (Å²) in [5.74, 6) is 1.12.